The second-order valence-electron chi connectivity index (χ2n) is 7.59. The summed E-state index contributed by atoms with van der Waals surface area (Å²) < 4.78 is 0. The Hall–Kier alpha value is -2.17. The molecule has 5 nitrogen and oxygen atoms in total. The third-order valence-corrected chi connectivity index (χ3v) is 5.11. The Morgan fingerprint density at radius 3 is 2.37 bits per heavy atom. The number of rotatable bonds is 9. The molecule has 2 rings (SSSR count). The number of hydrazone groups is 1. The second kappa shape index (κ2) is 11.5. The molecule has 0 radical (unpaired) electrons. The van der Waals surface area contributed by atoms with Crippen LogP contribution in [0.3, 0.4) is 0 Å². The van der Waals surface area contributed by atoms with Crippen LogP contribution in [0.2, 0.25) is 0 Å². The molecule has 0 atom stereocenters. The van der Waals surface area contributed by atoms with Gasteiger partial charge in [0, 0.05) is 23.4 Å². The first-order valence-corrected chi connectivity index (χ1v) is 10.3. The Morgan fingerprint density at radius 2 is 1.70 bits per heavy atom. The van der Waals surface area contributed by atoms with Gasteiger partial charge in [-0.05, 0) is 62.3 Å². The standard InChI is InChI=1S/C22H33N3O2/c1-3-4-5-6-7-8-21(26)23-19-15-11-18(12-16-19)22(27)25-24-20-13-9-17(2)10-14-20/h11-12,15-17H,3-10,13-14H2,1-2H3,(H,23,26)(H,25,27). The molecule has 1 saturated carbocycles. The number of carbonyl (C=O) groups is 2. The fourth-order valence-corrected chi connectivity index (χ4v) is 3.22. The van der Waals surface area contributed by atoms with E-state index >= 15 is 0 Å². The van der Waals surface area contributed by atoms with Crippen molar-refractivity contribution < 1.29 is 9.59 Å². The maximum Gasteiger partial charge on any atom is 0.271 e. The lowest BCUT2D eigenvalue weighted by Crippen LogP contribution is -2.21. The summed E-state index contributed by atoms with van der Waals surface area (Å²) in [6.45, 7) is 4.43. The van der Waals surface area contributed by atoms with E-state index in [2.05, 4.69) is 29.7 Å². The van der Waals surface area contributed by atoms with Crippen LogP contribution in [0, 0.1) is 5.92 Å². The Bertz CT molecular complexity index is 627. The molecule has 2 N–H and O–H groups in total. The zero-order chi connectivity index (χ0) is 19.5. The van der Waals surface area contributed by atoms with Gasteiger partial charge in [0.2, 0.25) is 5.91 Å². The van der Waals surface area contributed by atoms with Gasteiger partial charge in [-0.15, -0.1) is 0 Å². The summed E-state index contributed by atoms with van der Waals surface area (Å²) in [5, 5.41) is 7.16. The van der Waals surface area contributed by atoms with E-state index in [0.29, 0.717) is 12.0 Å². The summed E-state index contributed by atoms with van der Waals surface area (Å²) in [6.07, 6.45) is 10.4. The van der Waals surface area contributed by atoms with Gasteiger partial charge in [0.15, 0.2) is 0 Å². The molecule has 1 fully saturated rings. The van der Waals surface area contributed by atoms with Crippen LogP contribution in [0.15, 0.2) is 29.4 Å². The maximum absolute atomic E-state index is 12.2. The van der Waals surface area contributed by atoms with Gasteiger partial charge in [0.25, 0.3) is 5.91 Å². The van der Waals surface area contributed by atoms with Gasteiger partial charge in [-0.1, -0.05) is 39.5 Å². The van der Waals surface area contributed by atoms with Crippen molar-refractivity contribution in [3.63, 3.8) is 0 Å². The van der Waals surface area contributed by atoms with Crippen molar-refractivity contribution in [3.8, 4) is 0 Å². The summed E-state index contributed by atoms with van der Waals surface area (Å²) in [7, 11) is 0. The van der Waals surface area contributed by atoms with Crippen LogP contribution in [0.25, 0.3) is 0 Å². The van der Waals surface area contributed by atoms with Crippen LogP contribution in [0.5, 0.6) is 0 Å². The Morgan fingerprint density at radius 1 is 1.04 bits per heavy atom. The molecule has 1 aliphatic carbocycles. The van der Waals surface area contributed by atoms with Crippen molar-refractivity contribution in [3.05, 3.63) is 29.8 Å². The number of amides is 2. The minimum absolute atomic E-state index is 0.0293. The molecule has 0 spiro atoms. The summed E-state index contributed by atoms with van der Waals surface area (Å²) in [6, 6.07) is 6.96. The lowest BCUT2D eigenvalue weighted by atomic mass is 9.90. The molecule has 1 aromatic rings. The smallest absolute Gasteiger partial charge is 0.271 e. The van der Waals surface area contributed by atoms with Gasteiger partial charge in [-0.2, -0.15) is 5.10 Å². The molecular weight excluding hydrogens is 338 g/mol. The minimum Gasteiger partial charge on any atom is -0.326 e. The van der Waals surface area contributed by atoms with Crippen molar-refractivity contribution >= 4 is 23.2 Å². The lowest BCUT2D eigenvalue weighted by molar-refractivity contribution is -0.116. The van der Waals surface area contributed by atoms with Crippen molar-refractivity contribution in [1.29, 1.82) is 0 Å². The van der Waals surface area contributed by atoms with Crippen molar-refractivity contribution in [1.82, 2.24) is 5.43 Å². The first-order valence-electron chi connectivity index (χ1n) is 10.3. The predicted molar refractivity (Wildman–Crippen MR) is 111 cm³/mol. The number of hydrogen-bond donors (Lipinski definition) is 2. The second-order valence-corrected chi connectivity index (χ2v) is 7.59. The molecule has 0 bridgehead atoms. The average molecular weight is 372 g/mol. The first-order chi connectivity index (χ1) is 13.1. The van der Waals surface area contributed by atoms with Crippen molar-refractivity contribution in [2.75, 3.05) is 5.32 Å². The highest BCUT2D eigenvalue weighted by atomic mass is 16.2. The number of hydrogen-bond acceptors (Lipinski definition) is 3. The SMILES string of the molecule is CCCCCCCC(=O)Nc1ccc(C(=O)NN=C2CCC(C)CC2)cc1. The molecule has 27 heavy (non-hydrogen) atoms. The number of nitrogens with zero attached hydrogens (tertiary/aromatic N) is 1. The van der Waals surface area contributed by atoms with Gasteiger partial charge in [0.1, 0.15) is 0 Å². The van der Waals surface area contributed by atoms with Crippen molar-refractivity contribution in [2.45, 2.75) is 78.1 Å². The Labute approximate surface area is 163 Å². The Balaban J connectivity index is 1.74. The zero-order valence-electron chi connectivity index (χ0n) is 16.7. The van der Waals surface area contributed by atoms with Crippen LogP contribution >= 0.6 is 0 Å². The molecule has 1 aromatic carbocycles. The number of unbranched alkanes of at least 4 members (excludes halogenated alkanes) is 4. The topological polar surface area (TPSA) is 70.6 Å². The fourth-order valence-electron chi connectivity index (χ4n) is 3.22. The van der Waals surface area contributed by atoms with E-state index < -0.39 is 0 Å². The zero-order valence-corrected chi connectivity index (χ0v) is 16.7. The van der Waals surface area contributed by atoms with Crippen LogP contribution in [0.4, 0.5) is 5.69 Å². The van der Waals surface area contributed by atoms with Gasteiger partial charge in [-0.25, -0.2) is 5.43 Å². The molecule has 0 unspecified atom stereocenters. The average Bonchev–Trinajstić information content (AvgIpc) is 2.68. The molecule has 0 heterocycles. The quantitative estimate of drug-likeness (QED) is 0.458. The third kappa shape index (κ3) is 7.94. The molecular formula is C22H33N3O2. The molecule has 1 aliphatic rings. The van der Waals surface area contributed by atoms with Crippen LogP contribution < -0.4 is 10.7 Å². The van der Waals surface area contributed by atoms with Crippen LogP contribution in [-0.4, -0.2) is 17.5 Å². The summed E-state index contributed by atoms with van der Waals surface area (Å²) in [5.74, 6) is 0.565. The molecule has 148 valence electrons. The summed E-state index contributed by atoms with van der Waals surface area (Å²) in [5.41, 5.74) is 4.99. The molecule has 5 heteroatoms. The van der Waals surface area contributed by atoms with Gasteiger partial charge in [-0.3, -0.25) is 9.59 Å². The number of anilines is 1. The molecule has 2 amide bonds. The van der Waals surface area contributed by atoms with E-state index in [1.807, 2.05) is 0 Å². The minimum atomic E-state index is -0.213. The number of carbonyl (C=O) groups excluding carboxylic acids is 2. The third-order valence-electron chi connectivity index (χ3n) is 5.11. The van der Waals surface area contributed by atoms with E-state index in [0.717, 1.165) is 55.8 Å². The lowest BCUT2D eigenvalue weighted by Gasteiger charge is -2.18. The predicted octanol–water partition coefficient (Wildman–Crippen LogP) is 5.28. The van der Waals surface area contributed by atoms with E-state index in [-0.39, 0.29) is 11.8 Å². The monoisotopic (exact) mass is 371 g/mol. The normalized spacial score (nSPS) is 16.7. The van der Waals surface area contributed by atoms with E-state index in [9.17, 15) is 9.59 Å². The molecule has 0 aliphatic heterocycles. The fraction of sp³-hybridized carbons (Fsp3) is 0.591. The van der Waals surface area contributed by atoms with Crippen molar-refractivity contribution in [2.24, 2.45) is 11.0 Å². The van der Waals surface area contributed by atoms with E-state index in [1.54, 1.807) is 24.3 Å². The highest BCUT2D eigenvalue weighted by Crippen LogP contribution is 2.21. The summed E-state index contributed by atoms with van der Waals surface area (Å²) in [4.78, 5) is 24.2. The van der Waals surface area contributed by atoms with E-state index in [1.165, 1.54) is 19.3 Å². The highest BCUT2D eigenvalue weighted by Gasteiger charge is 2.14. The Kier molecular flexibility index (Phi) is 9.02. The molecule has 0 aromatic heterocycles. The van der Waals surface area contributed by atoms with Crippen LogP contribution in [0.1, 0.15) is 88.4 Å². The van der Waals surface area contributed by atoms with Gasteiger partial charge < -0.3 is 5.32 Å². The van der Waals surface area contributed by atoms with Gasteiger partial charge in [0.05, 0.1) is 0 Å². The maximum atomic E-state index is 12.2. The largest absolute Gasteiger partial charge is 0.326 e. The summed E-state index contributed by atoms with van der Waals surface area (Å²) >= 11 is 0. The van der Waals surface area contributed by atoms with Crippen LogP contribution in [-0.2, 0) is 4.79 Å². The first kappa shape index (κ1) is 21.1. The number of benzene rings is 1. The van der Waals surface area contributed by atoms with E-state index in [4.69, 9.17) is 0 Å². The van der Waals surface area contributed by atoms with Gasteiger partial charge >= 0.3 is 0 Å². The number of nitrogens with one attached hydrogen (secondary N) is 2. The highest BCUT2D eigenvalue weighted by molar-refractivity contribution is 5.96. The molecule has 0 saturated heterocycles.